The van der Waals surface area contributed by atoms with Crippen LogP contribution in [0.4, 0.5) is 0 Å². The molecule has 0 saturated heterocycles. The van der Waals surface area contributed by atoms with Gasteiger partial charge in [-0.25, -0.2) is 0 Å². The largest absolute Gasteiger partial charge is 0.339 e. The van der Waals surface area contributed by atoms with Gasteiger partial charge in [-0.1, -0.05) is 53.7 Å². The van der Waals surface area contributed by atoms with Crippen molar-refractivity contribution in [2.75, 3.05) is 5.84 Å². The van der Waals surface area contributed by atoms with Crippen LogP contribution >= 0.6 is 0 Å². The standard InChI is InChI=1S/C22H30N2/c1-21(2,3)13-15-7-9-19-17(11-15)18-12-16(14-22(4,5)6)8-10-20(18)24(19)23/h7-12H,13-14,23H2,1-6H3. The SMILES string of the molecule is CC(C)(C)Cc1ccc2c(c1)c1cc(CC(C)(C)C)ccc1n2N. The van der Waals surface area contributed by atoms with Crippen molar-refractivity contribution in [1.82, 2.24) is 4.68 Å². The quantitative estimate of drug-likeness (QED) is 0.604. The van der Waals surface area contributed by atoms with E-state index in [4.69, 9.17) is 5.84 Å². The molecule has 3 rings (SSSR count). The molecule has 0 aliphatic heterocycles. The van der Waals surface area contributed by atoms with Gasteiger partial charge < -0.3 is 5.84 Å². The smallest absolute Gasteiger partial charge is 0.0703 e. The third-order valence-electron chi connectivity index (χ3n) is 4.40. The Hall–Kier alpha value is -1.96. The molecular formula is C22H30N2. The van der Waals surface area contributed by atoms with Crippen molar-refractivity contribution in [3.05, 3.63) is 47.5 Å². The van der Waals surface area contributed by atoms with Gasteiger partial charge in [0, 0.05) is 10.8 Å². The number of aromatic nitrogens is 1. The zero-order chi connectivity index (χ0) is 17.7. The molecule has 0 aliphatic carbocycles. The second-order valence-electron chi connectivity index (χ2n) is 9.55. The first-order chi connectivity index (χ1) is 11.0. The molecule has 0 amide bonds. The van der Waals surface area contributed by atoms with E-state index < -0.39 is 0 Å². The number of rotatable bonds is 2. The fourth-order valence-electron chi connectivity index (χ4n) is 3.59. The lowest BCUT2D eigenvalue weighted by atomic mass is 9.87. The summed E-state index contributed by atoms with van der Waals surface area (Å²) in [6.45, 7) is 13.7. The van der Waals surface area contributed by atoms with Crippen LogP contribution in [0.2, 0.25) is 0 Å². The zero-order valence-corrected chi connectivity index (χ0v) is 15.9. The molecule has 1 aromatic heterocycles. The van der Waals surface area contributed by atoms with Crippen LogP contribution in [0.1, 0.15) is 52.7 Å². The highest BCUT2D eigenvalue weighted by Crippen LogP contribution is 2.32. The molecule has 24 heavy (non-hydrogen) atoms. The van der Waals surface area contributed by atoms with Gasteiger partial charge in [0.15, 0.2) is 0 Å². The molecular weight excluding hydrogens is 292 g/mol. The van der Waals surface area contributed by atoms with Crippen molar-refractivity contribution in [2.24, 2.45) is 10.8 Å². The minimum atomic E-state index is 0.284. The Bertz CT molecular complexity index is 813. The monoisotopic (exact) mass is 322 g/mol. The second kappa shape index (κ2) is 5.54. The number of hydrogen-bond acceptors (Lipinski definition) is 1. The van der Waals surface area contributed by atoms with Gasteiger partial charge in [0.25, 0.3) is 0 Å². The number of benzene rings is 2. The highest BCUT2D eigenvalue weighted by molar-refractivity contribution is 6.08. The predicted molar refractivity (Wildman–Crippen MR) is 106 cm³/mol. The van der Waals surface area contributed by atoms with Crippen molar-refractivity contribution in [3.8, 4) is 0 Å². The van der Waals surface area contributed by atoms with Crippen molar-refractivity contribution < 1.29 is 0 Å². The molecule has 0 fully saturated rings. The summed E-state index contributed by atoms with van der Waals surface area (Å²) in [4.78, 5) is 0. The molecule has 128 valence electrons. The summed E-state index contributed by atoms with van der Waals surface area (Å²) in [7, 11) is 0. The van der Waals surface area contributed by atoms with E-state index in [1.807, 2.05) is 4.68 Å². The molecule has 2 aromatic carbocycles. The summed E-state index contributed by atoms with van der Waals surface area (Å²) >= 11 is 0. The van der Waals surface area contributed by atoms with E-state index in [-0.39, 0.29) is 10.8 Å². The molecule has 2 heteroatoms. The average Bonchev–Trinajstić information content (AvgIpc) is 2.68. The minimum absolute atomic E-state index is 0.284. The van der Waals surface area contributed by atoms with Crippen LogP contribution in [0.15, 0.2) is 36.4 Å². The van der Waals surface area contributed by atoms with Gasteiger partial charge in [0.1, 0.15) is 0 Å². The predicted octanol–water partition coefficient (Wildman–Crippen LogP) is 5.69. The van der Waals surface area contributed by atoms with E-state index >= 15 is 0 Å². The van der Waals surface area contributed by atoms with Gasteiger partial charge in [-0.05, 0) is 59.1 Å². The third kappa shape index (κ3) is 3.43. The molecule has 0 radical (unpaired) electrons. The molecule has 3 aromatic rings. The lowest BCUT2D eigenvalue weighted by Gasteiger charge is -2.18. The zero-order valence-electron chi connectivity index (χ0n) is 15.9. The Labute approximate surface area is 145 Å². The first-order valence-electron chi connectivity index (χ1n) is 8.85. The van der Waals surface area contributed by atoms with Crippen molar-refractivity contribution in [3.63, 3.8) is 0 Å². The van der Waals surface area contributed by atoms with E-state index in [2.05, 4.69) is 77.9 Å². The Morgan fingerprint density at radius 1 is 0.708 bits per heavy atom. The Kier molecular flexibility index (Phi) is 3.90. The van der Waals surface area contributed by atoms with E-state index in [9.17, 15) is 0 Å². The highest BCUT2D eigenvalue weighted by atomic mass is 15.3. The second-order valence-corrected chi connectivity index (χ2v) is 9.55. The molecule has 2 N–H and O–H groups in total. The van der Waals surface area contributed by atoms with Crippen LogP contribution in [0.5, 0.6) is 0 Å². The summed E-state index contributed by atoms with van der Waals surface area (Å²) in [5.74, 6) is 6.35. The maximum absolute atomic E-state index is 6.35. The van der Waals surface area contributed by atoms with Crippen LogP contribution < -0.4 is 5.84 Å². The minimum Gasteiger partial charge on any atom is -0.339 e. The lowest BCUT2D eigenvalue weighted by molar-refractivity contribution is 0.411. The van der Waals surface area contributed by atoms with Crippen molar-refractivity contribution in [1.29, 1.82) is 0 Å². The van der Waals surface area contributed by atoms with E-state index in [1.165, 1.54) is 21.9 Å². The van der Waals surface area contributed by atoms with E-state index in [1.54, 1.807) is 0 Å². The summed E-state index contributed by atoms with van der Waals surface area (Å²) < 4.78 is 1.83. The van der Waals surface area contributed by atoms with Crippen LogP contribution in [0.3, 0.4) is 0 Å². The van der Waals surface area contributed by atoms with Crippen molar-refractivity contribution in [2.45, 2.75) is 54.4 Å². The van der Waals surface area contributed by atoms with E-state index in [0.717, 1.165) is 23.9 Å². The third-order valence-corrected chi connectivity index (χ3v) is 4.40. The van der Waals surface area contributed by atoms with Gasteiger partial charge in [-0.2, -0.15) is 0 Å². The Morgan fingerprint density at radius 2 is 1.08 bits per heavy atom. The molecule has 0 unspecified atom stereocenters. The molecule has 1 heterocycles. The Balaban J connectivity index is 2.16. The van der Waals surface area contributed by atoms with Gasteiger partial charge in [-0.3, -0.25) is 4.68 Å². The summed E-state index contributed by atoms with van der Waals surface area (Å²) in [6, 6.07) is 13.4. The average molecular weight is 322 g/mol. The fourth-order valence-corrected chi connectivity index (χ4v) is 3.59. The van der Waals surface area contributed by atoms with Gasteiger partial charge >= 0.3 is 0 Å². The van der Waals surface area contributed by atoms with Gasteiger partial charge in [-0.15, -0.1) is 0 Å². The van der Waals surface area contributed by atoms with Gasteiger partial charge in [0.05, 0.1) is 11.0 Å². The molecule has 0 saturated carbocycles. The molecule has 2 nitrogen and oxygen atoms in total. The van der Waals surface area contributed by atoms with Crippen molar-refractivity contribution >= 4 is 21.8 Å². The number of nitrogens with two attached hydrogens (primary N) is 1. The molecule has 0 aliphatic rings. The molecule has 0 spiro atoms. The topological polar surface area (TPSA) is 30.9 Å². The molecule has 0 atom stereocenters. The number of nitrogens with zero attached hydrogens (tertiary/aromatic N) is 1. The van der Waals surface area contributed by atoms with Crippen LogP contribution in [0.25, 0.3) is 21.8 Å². The Morgan fingerprint density at radius 3 is 1.42 bits per heavy atom. The van der Waals surface area contributed by atoms with Gasteiger partial charge in [0.2, 0.25) is 0 Å². The molecule has 0 bridgehead atoms. The van der Waals surface area contributed by atoms with Crippen LogP contribution in [0, 0.1) is 10.8 Å². The fraction of sp³-hybridized carbons (Fsp3) is 0.455. The maximum Gasteiger partial charge on any atom is 0.0703 e. The normalized spacial score (nSPS) is 13.1. The van der Waals surface area contributed by atoms with E-state index in [0.29, 0.717) is 0 Å². The maximum atomic E-state index is 6.35. The van der Waals surface area contributed by atoms with Crippen LogP contribution in [-0.4, -0.2) is 4.68 Å². The first kappa shape index (κ1) is 16.9. The summed E-state index contributed by atoms with van der Waals surface area (Å²) in [6.07, 6.45) is 2.14. The highest BCUT2D eigenvalue weighted by Gasteiger charge is 2.16. The van der Waals surface area contributed by atoms with Crippen LogP contribution in [-0.2, 0) is 12.8 Å². The number of nitrogen functional groups attached to an aromatic ring is 1. The first-order valence-corrected chi connectivity index (χ1v) is 8.85. The summed E-state index contributed by atoms with van der Waals surface area (Å²) in [5, 5.41) is 2.54. The summed E-state index contributed by atoms with van der Waals surface area (Å²) in [5.41, 5.74) is 5.54. The lowest BCUT2D eigenvalue weighted by Crippen LogP contribution is -2.09. The number of fused-ring (bicyclic) bond motifs is 3. The number of hydrogen-bond donors (Lipinski definition) is 1.